The summed E-state index contributed by atoms with van der Waals surface area (Å²) in [4.78, 5) is 23.8. The molecule has 8 nitrogen and oxygen atoms in total. The number of sulfonamides is 1. The van der Waals surface area contributed by atoms with Crippen LogP contribution in [0.2, 0.25) is 0 Å². The average Bonchev–Trinajstić information content (AvgIpc) is 2.82. The van der Waals surface area contributed by atoms with Crippen molar-refractivity contribution in [1.82, 2.24) is 5.43 Å². The fraction of sp³-hybridized carbons (Fsp3) is 0.125. The molecule has 0 fully saturated rings. The van der Waals surface area contributed by atoms with Crippen molar-refractivity contribution in [2.75, 3.05) is 17.7 Å². The molecular weight excluding hydrogens is 442 g/mol. The lowest BCUT2D eigenvalue weighted by atomic mass is 10.1. The molecule has 0 atom stereocenters. The minimum Gasteiger partial charge on any atom is -0.465 e. The Bertz CT molecular complexity index is 1240. The number of hydrogen-bond donors (Lipinski definition) is 1. The first-order valence-electron chi connectivity index (χ1n) is 9.91. The van der Waals surface area contributed by atoms with Gasteiger partial charge in [-0.1, -0.05) is 42.5 Å². The SMILES string of the molecule is COC(=O)c1ccc(/C=N/NC(=O)c2ccc(N(Cc3ccccc3)S(C)(=O)=O)cc2)cc1. The molecule has 1 amide bonds. The second-order valence-corrected chi connectivity index (χ2v) is 9.02. The van der Waals surface area contributed by atoms with Crippen molar-refractivity contribution < 1.29 is 22.7 Å². The zero-order valence-corrected chi connectivity index (χ0v) is 19.0. The smallest absolute Gasteiger partial charge is 0.337 e. The Balaban J connectivity index is 1.66. The highest BCUT2D eigenvalue weighted by molar-refractivity contribution is 7.92. The summed E-state index contributed by atoms with van der Waals surface area (Å²) in [6.45, 7) is 0.185. The van der Waals surface area contributed by atoms with Gasteiger partial charge in [0.2, 0.25) is 10.0 Å². The van der Waals surface area contributed by atoms with E-state index in [1.165, 1.54) is 29.8 Å². The molecule has 0 aliphatic heterocycles. The Kier molecular flexibility index (Phi) is 7.57. The molecule has 0 aliphatic rings. The maximum atomic E-state index is 12.4. The maximum absolute atomic E-state index is 12.4. The summed E-state index contributed by atoms with van der Waals surface area (Å²) in [7, 11) is -2.22. The highest BCUT2D eigenvalue weighted by Crippen LogP contribution is 2.21. The highest BCUT2D eigenvalue weighted by atomic mass is 32.2. The van der Waals surface area contributed by atoms with Gasteiger partial charge in [-0.3, -0.25) is 9.10 Å². The summed E-state index contributed by atoms with van der Waals surface area (Å²) in [5, 5.41) is 3.92. The minimum atomic E-state index is -3.52. The van der Waals surface area contributed by atoms with Crippen molar-refractivity contribution in [2.45, 2.75) is 6.54 Å². The molecular formula is C24H23N3O5S. The van der Waals surface area contributed by atoms with Gasteiger partial charge in [-0.25, -0.2) is 18.6 Å². The Hall–Kier alpha value is -3.98. The van der Waals surface area contributed by atoms with Gasteiger partial charge in [0.15, 0.2) is 0 Å². The second-order valence-electron chi connectivity index (χ2n) is 7.11. The molecule has 0 spiro atoms. The van der Waals surface area contributed by atoms with Crippen LogP contribution in [0.5, 0.6) is 0 Å². The van der Waals surface area contributed by atoms with Crippen LogP contribution in [-0.2, 0) is 21.3 Å². The zero-order valence-electron chi connectivity index (χ0n) is 18.1. The molecule has 170 valence electrons. The molecule has 0 aromatic heterocycles. The first-order valence-corrected chi connectivity index (χ1v) is 11.8. The number of methoxy groups -OCH3 is 1. The van der Waals surface area contributed by atoms with Crippen molar-refractivity contribution >= 4 is 33.8 Å². The molecule has 3 aromatic carbocycles. The fourth-order valence-electron chi connectivity index (χ4n) is 2.98. The van der Waals surface area contributed by atoms with E-state index in [4.69, 9.17) is 0 Å². The monoisotopic (exact) mass is 465 g/mol. The first-order chi connectivity index (χ1) is 15.8. The average molecular weight is 466 g/mol. The number of hydrogen-bond acceptors (Lipinski definition) is 6. The topological polar surface area (TPSA) is 105 Å². The summed E-state index contributed by atoms with van der Waals surface area (Å²) in [6.07, 6.45) is 2.58. The van der Waals surface area contributed by atoms with E-state index in [0.29, 0.717) is 22.4 Å². The standard InChI is InChI=1S/C24H23N3O5S/c1-32-24(29)21-10-8-18(9-11-21)16-25-26-23(28)20-12-14-22(15-13-20)27(33(2,30)31)17-19-6-4-3-5-7-19/h3-16H,17H2,1-2H3,(H,26,28)/b25-16+. The molecule has 0 radical (unpaired) electrons. The number of esters is 1. The van der Waals surface area contributed by atoms with Gasteiger partial charge in [0.05, 0.1) is 37.4 Å². The minimum absolute atomic E-state index is 0.185. The van der Waals surface area contributed by atoms with Gasteiger partial charge in [0.1, 0.15) is 0 Å². The number of nitrogens with one attached hydrogen (secondary N) is 1. The summed E-state index contributed by atoms with van der Waals surface area (Å²) >= 11 is 0. The largest absolute Gasteiger partial charge is 0.465 e. The van der Waals surface area contributed by atoms with E-state index in [1.54, 1.807) is 36.4 Å². The third-order valence-corrected chi connectivity index (χ3v) is 5.84. The van der Waals surface area contributed by atoms with Crippen LogP contribution in [0.3, 0.4) is 0 Å². The number of benzene rings is 3. The number of rotatable bonds is 8. The van der Waals surface area contributed by atoms with Crippen molar-refractivity contribution in [2.24, 2.45) is 5.10 Å². The van der Waals surface area contributed by atoms with Crippen LogP contribution in [0.25, 0.3) is 0 Å². The first kappa shape index (κ1) is 23.7. The lowest BCUT2D eigenvalue weighted by molar-refractivity contribution is 0.0600. The van der Waals surface area contributed by atoms with Crippen LogP contribution in [0.4, 0.5) is 5.69 Å². The van der Waals surface area contributed by atoms with E-state index >= 15 is 0 Å². The van der Waals surface area contributed by atoms with Crippen LogP contribution >= 0.6 is 0 Å². The number of amides is 1. The number of hydrazone groups is 1. The normalized spacial score (nSPS) is 11.2. The van der Waals surface area contributed by atoms with E-state index < -0.39 is 21.9 Å². The number of carbonyl (C=O) groups excluding carboxylic acids is 2. The summed E-state index contributed by atoms with van der Waals surface area (Å²) in [5.41, 5.74) is 5.14. The van der Waals surface area contributed by atoms with E-state index in [1.807, 2.05) is 30.3 Å². The van der Waals surface area contributed by atoms with Gasteiger partial charge in [-0.2, -0.15) is 5.10 Å². The molecule has 0 heterocycles. The second kappa shape index (κ2) is 10.6. The van der Waals surface area contributed by atoms with Gasteiger partial charge >= 0.3 is 5.97 Å². The fourth-order valence-corrected chi connectivity index (χ4v) is 3.87. The molecule has 1 N–H and O–H groups in total. The zero-order chi connectivity index (χ0) is 23.8. The van der Waals surface area contributed by atoms with Gasteiger partial charge < -0.3 is 4.74 Å². The predicted octanol–water partition coefficient (Wildman–Crippen LogP) is 3.20. The van der Waals surface area contributed by atoms with Crippen molar-refractivity contribution in [1.29, 1.82) is 0 Å². The van der Waals surface area contributed by atoms with Crippen LogP contribution in [0, 0.1) is 0 Å². The summed E-state index contributed by atoms with van der Waals surface area (Å²) < 4.78 is 30.5. The van der Waals surface area contributed by atoms with Gasteiger partial charge in [0, 0.05) is 5.56 Å². The highest BCUT2D eigenvalue weighted by Gasteiger charge is 2.18. The van der Waals surface area contributed by atoms with E-state index in [9.17, 15) is 18.0 Å². The molecule has 9 heteroatoms. The molecule has 0 unspecified atom stereocenters. The molecule has 33 heavy (non-hydrogen) atoms. The van der Waals surface area contributed by atoms with Crippen LogP contribution in [0.1, 0.15) is 31.8 Å². The summed E-state index contributed by atoms with van der Waals surface area (Å²) in [6, 6.07) is 22.0. The van der Waals surface area contributed by atoms with E-state index in [2.05, 4.69) is 15.3 Å². The lowest BCUT2D eigenvalue weighted by Crippen LogP contribution is -2.29. The third-order valence-electron chi connectivity index (χ3n) is 4.70. The van der Waals surface area contributed by atoms with Crippen molar-refractivity contribution in [3.8, 4) is 0 Å². The van der Waals surface area contributed by atoms with E-state index in [0.717, 1.165) is 11.8 Å². The maximum Gasteiger partial charge on any atom is 0.337 e. The van der Waals surface area contributed by atoms with Gasteiger partial charge in [-0.15, -0.1) is 0 Å². The number of carbonyl (C=O) groups is 2. The Morgan fingerprint density at radius 2 is 1.55 bits per heavy atom. The quantitative estimate of drug-likeness (QED) is 0.312. The number of ether oxygens (including phenoxy) is 1. The van der Waals surface area contributed by atoms with Crippen molar-refractivity contribution in [3.63, 3.8) is 0 Å². The lowest BCUT2D eigenvalue weighted by Gasteiger charge is -2.22. The molecule has 0 bridgehead atoms. The van der Waals surface area contributed by atoms with Crippen LogP contribution in [-0.4, -0.2) is 39.9 Å². The number of nitrogens with zero attached hydrogens (tertiary/aromatic N) is 2. The molecule has 3 aromatic rings. The third kappa shape index (κ3) is 6.50. The Labute approximate surface area is 192 Å². The van der Waals surface area contributed by atoms with Crippen LogP contribution in [0.15, 0.2) is 84.0 Å². The molecule has 3 rings (SSSR count). The van der Waals surface area contributed by atoms with Gasteiger partial charge in [0.25, 0.3) is 5.91 Å². The summed E-state index contributed by atoms with van der Waals surface area (Å²) in [5.74, 6) is -0.883. The molecule has 0 aliphatic carbocycles. The Morgan fingerprint density at radius 1 is 0.939 bits per heavy atom. The molecule has 0 saturated carbocycles. The Morgan fingerprint density at radius 3 is 2.12 bits per heavy atom. The van der Waals surface area contributed by atoms with Crippen molar-refractivity contribution in [3.05, 3.63) is 101 Å². The number of anilines is 1. The van der Waals surface area contributed by atoms with Crippen LogP contribution < -0.4 is 9.73 Å². The van der Waals surface area contributed by atoms with E-state index in [-0.39, 0.29) is 6.54 Å². The predicted molar refractivity (Wildman–Crippen MR) is 127 cm³/mol. The molecule has 0 saturated heterocycles. The van der Waals surface area contributed by atoms with Gasteiger partial charge in [-0.05, 0) is 47.5 Å².